The van der Waals surface area contributed by atoms with Crippen molar-refractivity contribution in [3.8, 4) is 0 Å². The quantitative estimate of drug-likeness (QED) is 0.445. The molecule has 1 aromatic rings. The Labute approximate surface area is 91.6 Å². The highest BCUT2D eigenvalue weighted by Gasteiger charge is 2.00. The van der Waals surface area contributed by atoms with Crippen molar-refractivity contribution < 1.29 is 0 Å². The molecule has 0 aliphatic heterocycles. The molecule has 5 heteroatoms. The van der Waals surface area contributed by atoms with Gasteiger partial charge in [-0.2, -0.15) is 4.37 Å². The summed E-state index contributed by atoms with van der Waals surface area (Å²) in [5, 5.41) is 0. The van der Waals surface area contributed by atoms with Crippen LogP contribution in [0.5, 0.6) is 0 Å². The molecule has 13 heavy (non-hydrogen) atoms. The molecule has 0 amide bonds. The Balaban J connectivity index is 2.32. The second kappa shape index (κ2) is 6.40. The van der Waals surface area contributed by atoms with E-state index in [1.54, 1.807) is 11.8 Å². The minimum absolute atomic E-state index is 0.580. The van der Waals surface area contributed by atoms with Gasteiger partial charge in [-0.25, -0.2) is 4.98 Å². The van der Waals surface area contributed by atoms with Crippen LogP contribution in [0.3, 0.4) is 0 Å². The molecule has 0 unspecified atom stereocenters. The van der Waals surface area contributed by atoms with Crippen molar-refractivity contribution in [3.63, 3.8) is 0 Å². The molecule has 1 heterocycles. The first-order chi connectivity index (χ1) is 6.36. The molecule has 0 N–H and O–H groups in total. The van der Waals surface area contributed by atoms with Crippen LogP contribution in [0.1, 0.15) is 12.7 Å². The van der Waals surface area contributed by atoms with E-state index in [4.69, 9.17) is 11.6 Å². The zero-order valence-electron chi connectivity index (χ0n) is 7.36. The Morgan fingerprint density at radius 3 is 3.00 bits per heavy atom. The van der Waals surface area contributed by atoms with Crippen LogP contribution in [0.2, 0.25) is 0 Å². The average Bonchev–Trinajstić information content (AvgIpc) is 2.60. The zero-order valence-corrected chi connectivity index (χ0v) is 9.75. The summed E-state index contributed by atoms with van der Waals surface area (Å²) >= 11 is 8.65. The second-order valence-corrected chi connectivity index (χ2v) is 4.59. The maximum Gasteiger partial charge on any atom is 0.170 e. The number of rotatable bonds is 5. The molecular formula is C8H11ClN2S2. The van der Waals surface area contributed by atoms with E-state index in [0.717, 1.165) is 22.3 Å². The first kappa shape index (κ1) is 11.0. The smallest absolute Gasteiger partial charge is 0.170 e. The fourth-order valence-corrected chi connectivity index (χ4v) is 2.39. The standard InChI is InChI=1S/C8H11ClN2S2/c1-2-7-10-8(13-11-7)12-6-4-3-5-9/h3-4H,2,5-6H2,1H3. The molecule has 0 saturated carbocycles. The van der Waals surface area contributed by atoms with Crippen LogP contribution < -0.4 is 0 Å². The van der Waals surface area contributed by atoms with E-state index in [2.05, 4.69) is 16.3 Å². The highest BCUT2D eigenvalue weighted by molar-refractivity contribution is 8.01. The number of allylic oxidation sites excluding steroid dienone is 1. The number of aromatic nitrogens is 2. The third-order valence-corrected chi connectivity index (χ3v) is 3.33. The van der Waals surface area contributed by atoms with Gasteiger partial charge in [-0.05, 0) is 11.5 Å². The molecule has 0 radical (unpaired) electrons. The second-order valence-electron chi connectivity index (χ2n) is 2.27. The maximum atomic E-state index is 5.49. The highest BCUT2D eigenvalue weighted by atomic mass is 35.5. The third-order valence-electron chi connectivity index (χ3n) is 1.32. The molecule has 0 aromatic carbocycles. The van der Waals surface area contributed by atoms with Crippen molar-refractivity contribution in [2.24, 2.45) is 0 Å². The number of nitrogens with zero attached hydrogens (tertiary/aromatic N) is 2. The monoisotopic (exact) mass is 234 g/mol. The summed E-state index contributed by atoms with van der Waals surface area (Å²) < 4.78 is 5.23. The average molecular weight is 235 g/mol. The number of aryl methyl sites for hydroxylation is 1. The lowest BCUT2D eigenvalue weighted by Gasteiger charge is -1.87. The number of alkyl halides is 1. The van der Waals surface area contributed by atoms with Crippen molar-refractivity contribution in [2.45, 2.75) is 17.7 Å². The van der Waals surface area contributed by atoms with Crippen LogP contribution >= 0.6 is 34.9 Å². The van der Waals surface area contributed by atoms with Crippen LogP contribution in [-0.2, 0) is 6.42 Å². The lowest BCUT2D eigenvalue weighted by molar-refractivity contribution is 0.972. The largest absolute Gasteiger partial charge is 0.213 e. The molecule has 1 aromatic heterocycles. The number of hydrogen-bond donors (Lipinski definition) is 0. The summed E-state index contributed by atoms with van der Waals surface area (Å²) in [6, 6.07) is 0. The minimum atomic E-state index is 0.580. The molecule has 72 valence electrons. The van der Waals surface area contributed by atoms with E-state index in [-0.39, 0.29) is 0 Å². The van der Waals surface area contributed by atoms with E-state index in [1.165, 1.54) is 11.5 Å². The number of halogens is 1. The Morgan fingerprint density at radius 1 is 1.54 bits per heavy atom. The zero-order chi connectivity index (χ0) is 9.52. The van der Waals surface area contributed by atoms with Gasteiger partial charge in [0, 0.05) is 18.1 Å². The summed E-state index contributed by atoms with van der Waals surface area (Å²) in [6.07, 6.45) is 4.90. The van der Waals surface area contributed by atoms with E-state index in [9.17, 15) is 0 Å². The van der Waals surface area contributed by atoms with Gasteiger partial charge in [0.1, 0.15) is 5.82 Å². The molecule has 0 saturated heterocycles. The Kier molecular flexibility index (Phi) is 5.43. The maximum absolute atomic E-state index is 5.49. The van der Waals surface area contributed by atoms with Crippen LogP contribution in [-0.4, -0.2) is 21.0 Å². The highest BCUT2D eigenvalue weighted by Crippen LogP contribution is 2.19. The van der Waals surface area contributed by atoms with Gasteiger partial charge in [-0.3, -0.25) is 0 Å². The summed E-state index contributed by atoms with van der Waals surface area (Å²) in [6.45, 7) is 2.06. The van der Waals surface area contributed by atoms with Crippen molar-refractivity contribution in [3.05, 3.63) is 18.0 Å². The SMILES string of the molecule is CCc1nsc(SCC=CCCl)n1. The molecule has 0 bridgehead atoms. The van der Waals surface area contributed by atoms with Crippen LogP contribution in [0.4, 0.5) is 0 Å². The van der Waals surface area contributed by atoms with Gasteiger partial charge in [0.2, 0.25) is 0 Å². The number of thioether (sulfide) groups is 1. The summed E-state index contributed by atoms with van der Waals surface area (Å²) in [7, 11) is 0. The Morgan fingerprint density at radius 2 is 2.38 bits per heavy atom. The van der Waals surface area contributed by atoms with Crippen LogP contribution in [0.15, 0.2) is 16.5 Å². The summed E-state index contributed by atoms with van der Waals surface area (Å²) in [5.74, 6) is 2.44. The molecule has 0 fully saturated rings. The van der Waals surface area contributed by atoms with Gasteiger partial charge >= 0.3 is 0 Å². The van der Waals surface area contributed by atoms with Gasteiger partial charge in [0.05, 0.1) is 0 Å². The van der Waals surface area contributed by atoms with E-state index in [0.29, 0.717) is 5.88 Å². The molecule has 1 rings (SSSR count). The van der Waals surface area contributed by atoms with Gasteiger partial charge in [0.15, 0.2) is 4.34 Å². The first-order valence-electron chi connectivity index (χ1n) is 4.03. The van der Waals surface area contributed by atoms with Crippen molar-refractivity contribution >= 4 is 34.9 Å². The van der Waals surface area contributed by atoms with Crippen LogP contribution in [0, 0.1) is 0 Å². The fraction of sp³-hybridized carbons (Fsp3) is 0.500. The predicted octanol–water partition coefficient (Wildman–Crippen LogP) is 2.99. The van der Waals surface area contributed by atoms with Crippen molar-refractivity contribution in [2.75, 3.05) is 11.6 Å². The predicted molar refractivity (Wildman–Crippen MR) is 59.9 cm³/mol. The van der Waals surface area contributed by atoms with Gasteiger partial charge < -0.3 is 0 Å². The van der Waals surface area contributed by atoms with Crippen molar-refractivity contribution in [1.82, 2.24) is 9.36 Å². The molecule has 0 aliphatic carbocycles. The van der Waals surface area contributed by atoms with Crippen molar-refractivity contribution in [1.29, 1.82) is 0 Å². The Hall–Kier alpha value is -0.0600. The summed E-state index contributed by atoms with van der Waals surface area (Å²) in [4.78, 5) is 4.33. The minimum Gasteiger partial charge on any atom is -0.213 e. The molecule has 0 atom stereocenters. The van der Waals surface area contributed by atoms with Gasteiger partial charge in [-0.1, -0.05) is 30.8 Å². The third kappa shape index (κ3) is 4.11. The van der Waals surface area contributed by atoms with Gasteiger partial charge in [0.25, 0.3) is 0 Å². The van der Waals surface area contributed by atoms with Crippen LogP contribution in [0.25, 0.3) is 0 Å². The van der Waals surface area contributed by atoms with E-state index >= 15 is 0 Å². The molecule has 2 nitrogen and oxygen atoms in total. The van der Waals surface area contributed by atoms with Gasteiger partial charge in [-0.15, -0.1) is 11.6 Å². The normalized spacial score (nSPS) is 11.2. The van der Waals surface area contributed by atoms with E-state index < -0.39 is 0 Å². The van der Waals surface area contributed by atoms with E-state index in [1.807, 2.05) is 12.2 Å². The lowest BCUT2D eigenvalue weighted by atomic mass is 10.5. The lowest BCUT2D eigenvalue weighted by Crippen LogP contribution is -1.81. The topological polar surface area (TPSA) is 25.8 Å². The molecule has 0 aliphatic rings. The molecular weight excluding hydrogens is 224 g/mol. The Bertz CT molecular complexity index is 273. The number of hydrogen-bond acceptors (Lipinski definition) is 4. The fourth-order valence-electron chi connectivity index (χ4n) is 0.691. The first-order valence-corrected chi connectivity index (χ1v) is 6.32. The molecule has 0 spiro atoms. The summed E-state index contributed by atoms with van der Waals surface area (Å²) in [5.41, 5.74) is 0.